The molecule has 0 unspecified atom stereocenters. The Balaban J connectivity index is 2.02. The lowest BCUT2D eigenvalue weighted by Crippen LogP contribution is -2.45. The molecule has 0 aromatic heterocycles. The lowest BCUT2D eigenvalue weighted by molar-refractivity contribution is -0.155. The van der Waals surface area contributed by atoms with E-state index in [9.17, 15) is 4.79 Å². The highest BCUT2D eigenvalue weighted by Crippen LogP contribution is 2.42. The number of carbonyl (C=O) groups is 1. The fourth-order valence-electron chi connectivity index (χ4n) is 2.64. The van der Waals surface area contributed by atoms with Crippen molar-refractivity contribution in [3.05, 3.63) is 66.2 Å². The van der Waals surface area contributed by atoms with E-state index >= 15 is 0 Å². The summed E-state index contributed by atoms with van der Waals surface area (Å²) in [6.07, 6.45) is -0.685. The molecular formula is C20H21NO3S. The van der Waals surface area contributed by atoms with E-state index in [1.54, 1.807) is 0 Å². The molecule has 3 rings (SSSR count). The van der Waals surface area contributed by atoms with E-state index in [0.29, 0.717) is 5.56 Å². The summed E-state index contributed by atoms with van der Waals surface area (Å²) in [5.74, 6) is -0.493. The molecule has 0 aliphatic carbocycles. The number of cyclic esters (lactones) is 1. The third-order valence-electron chi connectivity index (χ3n) is 4.02. The molecule has 0 amide bonds. The minimum atomic E-state index is -1.45. The molecule has 1 saturated heterocycles. The van der Waals surface area contributed by atoms with Crippen LogP contribution < -0.4 is 5.32 Å². The quantitative estimate of drug-likeness (QED) is 0.658. The van der Waals surface area contributed by atoms with Crippen molar-refractivity contribution in [2.24, 2.45) is 5.41 Å². The highest BCUT2D eigenvalue weighted by atomic mass is 32.1. The molecule has 1 heterocycles. The third kappa shape index (κ3) is 3.30. The maximum Gasteiger partial charge on any atom is 0.352 e. The molecular weight excluding hydrogens is 334 g/mol. The molecule has 0 bridgehead atoms. The zero-order chi connectivity index (χ0) is 18.1. The van der Waals surface area contributed by atoms with Crippen molar-refractivity contribution in [2.45, 2.75) is 32.7 Å². The second-order valence-corrected chi connectivity index (χ2v) is 7.50. The highest BCUT2D eigenvalue weighted by molar-refractivity contribution is 7.80. The van der Waals surface area contributed by atoms with Crippen LogP contribution in [0.2, 0.25) is 0 Å². The van der Waals surface area contributed by atoms with E-state index in [0.717, 1.165) is 5.69 Å². The lowest BCUT2D eigenvalue weighted by atomic mass is 9.92. The molecule has 4 nitrogen and oxygen atoms in total. The molecule has 1 N–H and O–H groups in total. The number of nitrogens with one attached hydrogen (secondary N) is 1. The molecule has 1 aliphatic heterocycles. The minimum absolute atomic E-state index is 0.265. The molecule has 1 fully saturated rings. The molecule has 5 heteroatoms. The van der Waals surface area contributed by atoms with Crippen LogP contribution in [-0.2, 0) is 19.9 Å². The molecule has 0 spiro atoms. The van der Waals surface area contributed by atoms with Gasteiger partial charge >= 0.3 is 5.97 Å². The first-order chi connectivity index (χ1) is 11.8. The summed E-state index contributed by atoms with van der Waals surface area (Å²) < 4.78 is 11.7. The lowest BCUT2D eigenvalue weighted by Gasteiger charge is -2.29. The fraction of sp³-hybridized carbons (Fsp3) is 0.300. The van der Waals surface area contributed by atoms with Gasteiger partial charge in [-0.2, -0.15) is 0 Å². The molecule has 0 radical (unpaired) electrons. The van der Waals surface area contributed by atoms with Crippen LogP contribution in [0, 0.1) is 5.41 Å². The third-order valence-corrected chi connectivity index (χ3v) is 4.41. The van der Waals surface area contributed by atoms with Crippen molar-refractivity contribution in [1.82, 2.24) is 0 Å². The number of esters is 1. The molecule has 0 saturated carbocycles. The summed E-state index contributed by atoms with van der Waals surface area (Å²) in [6.45, 7) is 5.87. The van der Waals surface area contributed by atoms with E-state index in [1.807, 2.05) is 81.4 Å². The molecule has 2 atom stereocenters. The Morgan fingerprint density at radius 3 is 2.12 bits per heavy atom. The van der Waals surface area contributed by atoms with Crippen molar-refractivity contribution < 1.29 is 14.3 Å². The SMILES string of the molecule is CC(C)(C)[C@@H]1OC(=O)[C@](C(=S)Nc2ccccc2)(c2ccccc2)O1. The van der Waals surface area contributed by atoms with Crippen LogP contribution in [0.3, 0.4) is 0 Å². The van der Waals surface area contributed by atoms with Crippen LogP contribution in [0.1, 0.15) is 26.3 Å². The number of anilines is 1. The number of thiocarbonyl (C=S) groups is 1. The van der Waals surface area contributed by atoms with Crippen LogP contribution in [0.15, 0.2) is 60.7 Å². The maximum atomic E-state index is 12.9. The maximum absolute atomic E-state index is 12.9. The first-order valence-electron chi connectivity index (χ1n) is 8.15. The van der Waals surface area contributed by atoms with Crippen LogP contribution in [0.5, 0.6) is 0 Å². The predicted octanol–water partition coefficient (Wildman–Crippen LogP) is 4.27. The second kappa shape index (κ2) is 6.58. The smallest absolute Gasteiger partial charge is 0.352 e. The predicted molar refractivity (Wildman–Crippen MR) is 101 cm³/mol. The zero-order valence-corrected chi connectivity index (χ0v) is 15.3. The van der Waals surface area contributed by atoms with Gasteiger partial charge in [-0.1, -0.05) is 81.5 Å². The van der Waals surface area contributed by atoms with E-state index in [2.05, 4.69) is 5.32 Å². The van der Waals surface area contributed by atoms with Crippen LogP contribution in [0.4, 0.5) is 5.69 Å². The van der Waals surface area contributed by atoms with E-state index in [-0.39, 0.29) is 10.4 Å². The molecule has 130 valence electrons. The van der Waals surface area contributed by atoms with Gasteiger partial charge in [0.15, 0.2) is 0 Å². The van der Waals surface area contributed by atoms with Gasteiger partial charge in [-0.25, -0.2) is 4.79 Å². The van der Waals surface area contributed by atoms with Crippen molar-refractivity contribution in [1.29, 1.82) is 0 Å². The largest absolute Gasteiger partial charge is 0.432 e. The Morgan fingerprint density at radius 2 is 1.60 bits per heavy atom. The first-order valence-corrected chi connectivity index (χ1v) is 8.56. The van der Waals surface area contributed by atoms with Crippen LogP contribution >= 0.6 is 12.2 Å². The van der Waals surface area contributed by atoms with Gasteiger partial charge in [0.05, 0.1) is 0 Å². The van der Waals surface area contributed by atoms with Gasteiger partial charge in [0.2, 0.25) is 11.9 Å². The van der Waals surface area contributed by atoms with Gasteiger partial charge in [-0.15, -0.1) is 0 Å². The van der Waals surface area contributed by atoms with Crippen molar-refractivity contribution in [3.8, 4) is 0 Å². The van der Waals surface area contributed by atoms with Gasteiger partial charge in [-0.05, 0) is 12.1 Å². The Morgan fingerprint density at radius 1 is 1.04 bits per heavy atom. The monoisotopic (exact) mass is 355 g/mol. The summed E-state index contributed by atoms with van der Waals surface area (Å²) in [7, 11) is 0. The fourth-order valence-corrected chi connectivity index (χ4v) is 3.01. The Kier molecular flexibility index (Phi) is 4.62. The van der Waals surface area contributed by atoms with Crippen LogP contribution in [-0.4, -0.2) is 17.2 Å². The van der Waals surface area contributed by atoms with Crippen molar-refractivity contribution in [3.63, 3.8) is 0 Å². The Labute approximate surface area is 153 Å². The minimum Gasteiger partial charge on any atom is -0.432 e. The molecule has 1 aliphatic rings. The summed E-state index contributed by atoms with van der Waals surface area (Å²) in [6, 6.07) is 18.7. The molecule has 2 aromatic carbocycles. The average molecular weight is 355 g/mol. The van der Waals surface area contributed by atoms with Crippen molar-refractivity contribution >= 4 is 28.9 Å². The zero-order valence-electron chi connectivity index (χ0n) is 14.5. The molecule has 25 heavy (non-hydrogen) atoms. The highest BCUT2D eigenvalue weighted by Gasteiger charge is 2.57. The van der Waals surface area contributed by atoms with Gasteiger partial charge in [0.1, 0.15) is 4.99 Å². The van der Waals surface area contributed by atoms with E-state index < -0.39 is 17.9 Å². The summed E-state index contributed by atoms with van der Waals surface area (Å²) in [5, 5.41) is 3.13. The first kappa shape index (κ1) is 17.6. The standard InChI is InChI=1S/C20H21NO3S/c1-19(2,3)18-23-17(22)20(24-18,14-10-6-4-7-11-14)16(25)21-15-12-8-5-9-13-15/h4-13,18H,1-3H3,(H,21,25)/t18-,20-/m1/s1. The Bertz CT molecular complexity index is 771. The topological polar surface area (TPSA) is 47.6 Å². The summed E-state index contributed by atoms with van der Waals surface area (Å²) in [5.41, 5.74) is -0.377. The summed E-state index contributed by atoms with van der Waals surface area (Å²) >= 11 is 5.61. The second-order valence-electron chi connectivity index (χ2n) is 7.09. The van der Waals surface area contributed by atoms with Crippen molar-refractivity contribution in [2.75, 3.05) is 5.32 Å². The van der Waals surface area contributed by atoms with E-state index in [4.69, 9.17) is 21.7 Å². The van der Waals surface area contributed by atoms with Gasteiger partial charge in [-0.3, -0.25) is 0 Å². The van der Waals surface area contributed by atoms with Gasteiger partial charge < -0.3 is 14.8 Å². The number of ether oxygens (including phenoxy) is 2. The Hall–Kier alpha value is -2.24. The number of hydrogen-bond donors (Lipinski definition) is 1. The number of benzene rings is 2. The number of para-hydroxylation sites is 1. The molecule has 2 aromatic rings. The number of carbonyl (C=O) groups excluding carboxylic acids is 1. The summed E-state index contributed by atoms with van der Waals surface area (Å²) in [4.78, 5) is 13.2. The number of hydrogen-bond acceptors (Lipinski definition) is 4. The van der Waals surface area contributed by atoms with Crippen LogP contribution in [0.25, 0.3) is 0 Å². The number of rotatable bonds is 3. The normalized spacial score (nSPS) is 23.2. The van der Waals surface area contributed by atoms with E-state index in [1.165, 1.54) is 0 Å². The average Bonchev–Trinajstić information content (AvgIpc) is 2.95. The van der Waals surface area contributed by atoms with Gasteiger partial charge in [0.25, 0.3) is 0 Å². The van der Waals surface area contributed by atoms with Gasteiger partial charge in [0, 0.05) is 16.7 Å².